The molecule has 0 aliphatic carbocycles. The molecule has 1 saturated heterocycles. The zero-order valence-electron chi connectivity index (χ0n) is 12.3. The average Bonchev–Trinajstić information content (AvgIpc) is 3.17. The molecule has 1 aromatic carbocycles. The molecule has 2 aromatic rings. The van der Waals surface area contributed by atoms with Gasteiger partial charge in [-0.05, 0) is 18.6 Å². The van der Waals surface area contributed by atoms with Gasteiger partial charge >= 0.3 is 5.97 Å². The molecule has 8 nitrogen and oxygen atoms in total. The second kappa shape index (κ2) is 7.05. The van der Waals surface area contributed by atoms with Crippen molar-refractivity contribution in [2.75, 3.05) is 5.75 Å². The van der Waals surface area contributed by atoms with E-state index >= 15 is 0 Å². The van der Waals surface area contributed by atoms with Gasteiger partial charge in [-0.3, -0.25) is 20.2 Å². The molecule has 11 heteroatoms. The Hall–Kier alpha value is -1.69. The summed E-state index contributed by atoms with van der Waals surface area (Å²) >= 11 is 4.00. The quantitative estimate of drug-likeness (QED) is 0.592. The van der Waals surface area contributed by atoms with Crippen molar-refractivity contribution < 1.29 is 14.8 Å². The molecule has 0 bridgehead atoms. The fourth-order valence-electron chi connectivity index (χ4n) is 2.15. The number of carboxylic acids is 1. The van der Waals surface area contributed by atoms with Gasteiger partial charge < -0.3 is 5.11 Å². The number of hydrogen-bond donors (Lipinski definition) is 2. The predicted molar refractivity (Wildman–Crippen MR) is 91.6 cm³/mol. The summed E-state index contributed by atoms with van der Waals surface area (Å²) in [5, 5.41) is 31.8. The Kier molecular flexibility index (Phi) is 5.04. The molecule has 126 valence electrons. The number of aromatic nitrogens is 2. The van der Waals surface area contributed by atoms with Crippen LogP contribution in [-0.2, 0) is 4.79 Å². The molecule has 0 spiro atoms. The van der Waals surface area contributed by atoms with E-state index in [1.54, 1.807) is 12.1 Å². The van der Waals surface area contributed by atoms with Crippen molar-refractivity contribution in [3.63, 3.8) is 0 Å². The topological polar surface area (TPSA) is 118 Å². The van der Waals surface area contributed by atoms with E-state index in [1.807, 2.05) is 6.92 Å². The largest absolute Gasteiger partial charge is 0.480 e. The molecule has 0 saturated carbocycles. The maximum absolute atomic E-state index is 11.4. The monoisotopic (exact) mass is 384 g/mol. The van der Waals surface area contributed by atoms with Gasteiger partial charge in [-0.25, -0.2) is 0 Å². The van der Waals surface area contributed by atoms with Crippen LogP contribution in [0.1, 0.15) is 15.9 Å². The molecule has 1 aromatic heterocycles. The first-order valence-corrected chi connectivity index (χ1v) is 9.49. The van der Waals surface area contributed by atoms with Crippen molar-refractivity contribution in [1.29, 1.82) is 0 Å². The molecule has 24 heavy (non-hydrogen) atoms. The van der Waals surface area contributed by atoms with Crippen LogP contribution in [0.5, 0.6) is 0 Å². The Morgan fingerprint density at radius 3 is 2.88 bits per heavy atom. The van der Waals surface area contributed by atoms with Crippen LogP contribution in [0.15, 0.2) is 27.4 Å². The van der Waals surface area contributed by atoms with Gasteiger partial charge in [0.05, 0.1) is 15.2 Å². The summed E-state index contributed by atoms with van der Waals surface area (Å²) in [5.41, 5.74) is 0.666. The maximum Gasteiger partial charge on any atom is 0.321 e. The van der Waals surface area contributed by atoms with Crippen molar-refractivity contribution in [3.8, 4) is 0 Å². The number of benzene rings is 1. The number of nitrogens with one attached hydrogen (secondary N) is 1. The van der Waals surface area contributed by atoms with E-state index in [9.17, 15) is 14.9 Å². The zero-order chi connectivity index (χ0) is 17.3. The number of aliphatic carboxylic acids is 1. The number of nitrogens with zero attached hydrogens (tertiary/aromatic N) is 3. The van der Waals surface area contributed by atoms with Gasteiger partial charge in [-0.2, -0.15) is 0 Å². The van der Waals surface area contributed by atoms with Crippen LogP contribution in [0.25, 0.3) is 0 Å². The lowest BCUT2D eigenvalue weighted by molar-refractivity contribution is -0.387. The number of carbonyl (C=O) groups is 1. The van der Waals surface area contributed by atoms with E-state index in [4.69, 9.17) is 5.11 Å². The van der Waals surface area contributed by atoms with Gasteiger partial charge in [0.2, 0.25) is 0 Å². The summed E-state index contributed by atoms with van der Waals surface area (Å²) in [7, 11) is 0. The van der Waals surface area contributed by atoms with Gasteiger partial charge in [-0.15, -0.1) is 22.0 Å². The molecular formula is C13H12N4O4S3. The van der Waals surface area contributed by atoms with Crippen molar-refractivity contribution >= 4 is 46.5 Å². The molecule has 1 aliphatic rings. The van der Waals surface area contributed by atoms with E-state index in [-0.39, 0.29) is 11.1 Å². The van der Waals surface area contributed by atoms with Crippen LogP contribution in [0, 0.1) is 17.0 Å². The highest BCUT2D eigenvalue weighted by atomic mass is 32.2. The summed E-state index contributed by atoms with van der Waals surface area (Å²) < 4.78 is 0.641. The van der Waals surface area contributed by atoms with Crippen molar-refractivity contribution in [2.45, 2.75) is 27.6 Å². The lowest BCUT2D eigenvalue weighted by atomic mass is 10.2. The van der Waals surface area contributed by atoms with Crippen LogP contribution < -0.4 is 5.32 Å². The standard InChI is InChI=1S/C13H12N4O4S3/c1-6-15-16-13(23-6)24-10-3-2-7(4-9(10)17(20)21)11-14-8(5-22-11)12(18)19/h2-4,8,11,14H,5H2,1H3,(H,18,19)/t8-,11+/m0/s1. The molecule has 0 unspecified atom stereocenters. The minimum absolute atomic E-state index is 0.0217. The van der Waals surface area contributed by atoms with Crippen LogP contribution in [0.2, 0.25) is 0 Å². The van der Waals surface area contributed by atoms with Gasteiger partial charge in [0, 0.05) is 11.8 Å². The second-order valence-electron chi connectivity index (χ2n) is 4.94. The van der Waals surface area contributed by atoms with E-state index in [0.29, 0.717) is 20.6 Å². The third kappa shape index (κ3) is 3.69. The highest BCUT2D eigenvalue weighted by molar-refractivity contribution is 8.01. The van der Waals surface area contributed by atoms with E-state index in [2.05, 4.69) is 15.5 Å². The number of aryl methyl sites for hydroxylation is 1. The van der Waals surface area contributed by atoms with Crippen LogP contribution in [0.3, 0.4) is 0 Å². The highest BCUT2D eigenvalue weighted by Gasteiger charge is 2.31. The average molecular weight is 384 g/mol. The number of rotatable bonds is 5. The third-order valence-corrected chi connectivity index (χ3v) is 6.49. The Bertz CT molecular complexity index is 797. The first-order chi connectivity index (χ1) is 11.4. The van der Waals surface area contributed by atoms with Crippen molar-refractivity contribution in [3.05, 3.63) is 38.9 Å². The lowest BCUT2D eigenvalue weighted by Crippen LogP contribution is -2.33. The fraction of sp³-hybridized carbons (Fsp3) is 0.308. The first-order valence-electron chi connectivity index (χ1n) is 6.81. The minimum atomic E-state index is -0.918. The molecule has 2 N–H and O–H groups in total. The Morgan fingerprint density at radius 1 is 1.50 bits per heavy atom. The Balaban J connectivity index is 1.85. The molecular weight excluding hydrogens is 372 g/mol. The van der Waals surface area contributed by atoms with E-state index < -0.39 is 16.9 Å². The number of thioether (sulfide) groups is 1. The number of nitro benzene ring substituents is 1. The summed E-state index contributed by atoms with van der Waals surface area (Å²) in [5.74, 6) is -0.493. The van der Waals surface area contributed by atoms with Gasteiger partial charge in [0.25, 0.3) is 5.69 Å². The second-order valence-corrected chi connectivity index (χ2v) is 8.55. The minimum Gasteiger partial charge on any atom is -0.480 e. The van der Waals surface area contributed by atoms with Crippen LogP contribution >= 0.6 is 34.9 Å². The molecule has 1 fully saturated rings. The lowest BCUT2D eigenvalue weighted by Gasteiger charge is -2.12. The molecule has 2 heterocycles. The highest BCUT2D eigenvalue weighted by Crippen LogP contribution is 2.40. The Morgan fingerprint density at radius 2 is 2.29 bits per heavy atom. The number of hydrogen-bond acceptors (Lipinski definition) is 9. The van der Waals surface area contributed by atoms with Crippen LogP contribution in [0.4, 0.5) is 5.69 Å². The first kappa shape index (κ1) is 17.1. The SMILES string of the molecule is Cc1nnc(Sc2ccc([C@@H]3N[C@H](C(=O)O)CS3)cc2[N+](=O)[O-])s1. The smallest absolute Gasteiger partial charge is 0.321 e. The maximum atomic E-state index is 11.4. The summed E-state index contributed by atoms with van der Waals surface area (Å²) in [4.78, 5) is 22.5. The summed E-state index contributed by atoms with van der Waals surface area (Å²) in [6, 6.07) is 4.30. The van der Waals surface area contributed by atoms with Crippen LogP contribution in [-0.4, -0.2) is 38.0 Å². The number of carboxylic acid groups (broad SMARTS) is 1. The normalized spacial score (nSPS) is 20.2. The van der Waals surface area contributed by atoms with E-state index in [1.165, 1.54) is 40.9 Å². The molecule has 1 aliphatic heterocycles. The summed E-state index contributed by atoms with van der Waals surface area (Å²) in [6.07, 6.45) is 0. The zero-order valence-corrected chi connectivity index (χ0v) is 14.8. The fourth-order valence-corrected chi connectivity index (χ4v) is 5.23. The third-order valence-electron chi connectivity index (χ3n) is 3.27. The molecule has 0 amide bonds. The van der Waals surface area contributed by atoms with Gasteiger partial charge in [0.1, 0.15) is 11.0 Å². The molecule has 3 rings (SSSR count). The predicted octanol–water partition coefficient (Wildman–Crippen LogP) is 2.69. The molecule has 2 atom stereocenters. The van der Waals surface area contributed by atoms with Crippen molar-refractivity contribution in [2.24, 2.45) is 0 Å². The molecule has 0 radical (unpaired) electrons. The number of nitro groups is 1. The van der Waals surface area contributed by atoms with Gasteiger partial charge in [0.15, 0.2) is 4.34 Å². The van der Waals surface area contributed by atoms with E-state index in [0.717, 1.165) is 5.01 Å². The summed E-state index contributed by atoms with van der Waals surface area (Å²) in [6.45, 7) is 1.82. The Labute approximate surface area is 149 Å². The van der Waals surface area contributed by atoms with Crippen molar-refractivity contribution in [1.82, 2.24) is 15.5 Å². The van der Waals surface area contributed by atoms with Gasteiger partial charge in [-0.1, -0.05) is 29.2 Å².